The van der Waals surface area contributed by atoms with Crippen molar-refractivity contribution in [3.63, 3.8) is 0 Å². The third kappa shape index (κ3) is 2.83. The summed E-state index contributed by atoms with van der Waals surface area (Å²) in [5.41, 5.74) is 7.54. The lowest BCUT2D eigenvalue weighted by atomic mass is 10.1. The Labute approximate surface area is 117 Å². The van der Waals surface area contributed by atoms with Gasteiger partial charge in [0.1, 0.15) is 0 Å². The first-order chi connectivity index (χ1) is 9.49. The molecule has 0 aliphatic rings. The Kier molecular flexibility index (Phi) is 3.79. The van der Waals surface area contributed by atoms with Crippen molar-refractivity contribution in [1.82, 2.24) is 0 Å². The normalized spacial score (nSPS) is 10.1. The van der Waals surface area contributed by atoms with Crippen LogP contribution >= 0.6 is 0 Å². The van der Waals surface area contributed by atoms with Gasteiger partial charge in [-0.05, 0) is 30.3 Å². The van der Waals surface area contributed by atoms with E-state index in [1.54, 1.807) is 18.2 Å². The molecule has 2 aromatic carbocycles. The van der Waals surface area contributed by atoms with Crippen LogP contribution in [0.4, 0.5) is 17.1 Å². The molecule has 1 amide bonds. The molecular weight excluding hydrogens is 254 g/mol. The average Bonchev–Trinajstić information content (AvgIpc) is 2.42. The lowest BCUT2D eigenvalue weighted by Crippen LogP contribution is -2.14. The zero-order valence-corrected chi connectivity index (χ0v) is 11.4. The van der Waals surface area contributed by atoms with Crippen molar-refractivity contribution < 1.29 is 9.90 Å². The predicted molar refractivity (Wildman–Crippen MR) is 81.2 cm³/mol. The van der Waals surface area contributed by atoms with Crippen LogP contribution in [0.5, 0.6) is 5.75 Å². The molecule has 0 aliphatic heterocycles. The van der Waals surface area contributed by atoms with Crippen LogP contribution < -0.4 is 16.0 Å². The molecule has 2 rings (SSSR count). The van der Waals surface area contributed by atoms with Gasteiger partial charge in [0, 0.05) is 25.5 Å². The van der Waals surface area contributed by atoms with Crippen molar-refractivity contribution in [3.05, 3.63) is 48.0 Å². The number of carbonyl (C=O) groups is 1. The molecule has 2 aromatic rings. The van der Waals surface area contributed by atoms with Gasteiger partial charge in [-0.2, -0.15) is 0 Å². The van der Waals surface area contributed by atoms with Crippen molar-refractivity contribution in [2.45, 2.75) is 0 Å². The summed E-state index contributed by atoms with van der Waals surface area (Å²) in [7, 11) is 3.84. The van der Waals surface area contributed by atoms with E-state index >= 15 is 0 Å². The summed E-state index contributed by atoms with van der Waals surface area (Å²) in [6, 6.07) is 12.1. The van der Waals surface area contributed by atoms with Gasteiger partial charge in [-0.1, -0.05) is 12.1 Å². The van der Waals surface area contributed by atoms with Crippen LogP contribution in [0.25, 0.3) is 0 Å². The second kappa shape index (κ2) is 5.52. The Morgan fingerprint density at radius 1 is 1.20 bits per heavy atom. The smallest absolute Gasteiger partial charge is 0.259 e. The molecule has 0 spiro atoms. The van der Waals surface area contributed by atoms with Crippen LogP contribution in [-0.4, -0.2) is 25.1 Å². The number of phenolic OH excluding ortho intramolecular Hbond substituents is 1. The summed E-state index contributed by atoms with van der Waals surface area (Å²) in [4.78, 5) is 14.1. The molecular formula is C15H17N3O2. The van der Waals surface area contributed by atoms with E-state index in [1.165, 1.54) is 6.07 Å². The lowest BCUT2D eigenvalue weighted by Gasteiger charge is -2.14. The number of para-hydroxylation sites is 1. The highest BCUT2D eigenvalue weighted by Crippen LogP contribution is 2.25. The molecule has 104 valence electrons. The highest BCUT2D eigenvalue weighted by molar-refractivity contribution is 6.07. The minimum atomic E-state index is -0.397. The molecule has 0 radical (unpaired) electrons. The van der Waals surface area contributed by atoms with Crippen molar-refractivity contribution in [1.29, 1.82) is 0 Å². The number of anilines is 3. The summed E-state index contributed by atoms with van der Waals surface area (Å²) in [6.07, 6.45) is 0. The number of hydrogen-bond acceptors (Lipinski definition) is 4. The van der Waals surface area contributed by atoms with Crippen molar-refractivity contribution in [2.24, 2.45) is 0 Å². The zero-order chi connectivity index (χ0) is 14.7. The van der Waals surface area contributed by atoms with Crippen molar-refractivity contribution in [2.75, 3.05) is 30.0 Å². The molecule has 20 heavy (non-hydrogen) atoms. The van der Waals surface area contributed by atoms with Crippen LogP contribution in [0.3, 0.4) is 0 Å². The maximum Gasteiger partial charge on any atom is 0.259 e. The second-order valence-corrected chi connectivity index (χ2v) is 4.64. The van der Waals surface area contributed by atoms with Crippen molar-refractivity contribution >= 4 is 23.0 Å². The number of amides is 1. The molecule has 0 aromatic heterocycles. The minimum absolute atomic E-state index is 0.153. The van der Waals surface area contributed by atoms with E-state index in [2.05, 4.69) is 5.32 Å². The maximum atomic E-state index is 12.1. The molecule has 0 heterocycles. The molecule has 5 heteroatoms. The molecule has 0 aliphatic carbocycles. The highest BCUT2D eigenvalue weighted by Gasteiger charge is 2.13. The van der Waals surface area contributed by atoms with Gasteiger partial charge in [0.2, 0.25) is 0 Å². The van der Waals surface area contributed by atoms with Gasteiger partial charge < -0.3 is 21.1 Å². The standard InChI is InChI=1S/C15H17N3O2/c1-18(2)11-6-3-5-10(9-11)17-15(20)12-7-4-8-13(16)14(12)19/h3-9,19H,16H2,1-2H3,(H,17,20). The van der Waals surface area contributed by atoms with Crippen LogP contribution in [0.15, 0.2) is 42.5 Å². The Balaban J connectivity index is 2.24. The van der Waals surface area contributed by atoms with E-state index in [4.69, 9.17) is 5.73 Å². The van der Waals surface area contributed by atoms with Crippen LogP contribution in [0.1, 0.15) is 10.4 Å². The summed E-state index contributed by atoms with van der Waals surface area (Å²) in [5, 5.41) is 12.5. The number of nitrogens with two attached hydrogens (primary N) is 1. The number of rotatable bonds is 3. The number of nitrogens with one attached hydrogen (secondary N) is 1. The lowest BCUT2D eigenvalue weighted by molar-refractivity contribution is 0.102. The summed E-state index contributed by atoms with van der Waals surface area (Å²) in [6.45, 7) is 0. The van der Waals surface area contributed by atoms with E-state index in [1.807, 2.05) is 37.2 Å². The number of nitrogens with zero attached hydrogens (tertiary/aromatic N) is 1. The summed E-state index contributed by atoms with van der Waals surface area (Å²) in [5.74, 6) is -0.598. The number of nitrogen functional groups attached to an aromatic ring is 1. The Hall–Kier alpha value is -2.69. The third-order valence-electron chi connectivity index (χ3n) is 2.93. The summed E-state index contributed by atoms with van der Waals surface area (Å²) >= 11 is 0. The predicted octanol–water partition coefficient (Wildman–Crippen LogP) is 2.29. The molecule has 0 unspecified atom stereocenters. The fraction of sp³-hybridized carbons (Fsp3) is 0.133. The number of benzene rings is 2. The average molecular weight is 271 g/mol. The van der Waals surface area contributed by atoms with Gasteiger partial charge in [-0.15, -0.1) is 0 Å². The Morgan fingerprint density at radius 3 is 2.60 bits per heavy atom. The van der Waals surface area contributed by atoms with Gasteiger partial charge in [0.25, 0.3) is 5.91 Å². The third-order valence-corrected chi connectivity index (χ3v) is 2.93. The monoisotopic (exact) mass is 271 g/mol. The fourth-order valence-corrected chi connectivity index (χ4v) is 1.80. The van der Waals surface area contributed by atoms with Crippen LogP contribution in [-0.2, 0) is 0 Å². The first kappa shape index (κ1) is 13.7. The van der Waals surface area contributed by atoms with E-state index in [0.29, 0.717) is 5.69 Å². The van der Waals surface area contributed by atoms with Gasteiger partial charge in [-0.3, -0.25) is 4.79 Å². The number of carbonyl (C=O) groups excluding carboxylic acids is 1. The van der Waals surface area contributed by atoms with Gasteiger partial charge in [0.05, 0.1) is 11.3 Å². The van der Waals surface area contributed by atoms with Gasteiger partial charge in [0.15, 0.2) is 5.75 Å². The molecule has 0 bridgehead atoms. The topological polar surface area (TPSA) is 78.6 Å². The van der Waals surface area contributed by atoms with Crippen LogP contribution in [0, 0.1) is 0 Å². The minimum Gasteiger partial charge on any atom is -0.505 e. The van der Waals surface area contributed by atoms with E-state index in [9.17, 15) is 9.90 Å². The quantitative estimate of drug-likeness (QED) is 0.591. The number of phenols is 1. The van der Waals surface area contributed by atoms with Gasteiger partial charge >= 0.3 is 0 Å². The van der Waals surface area contributed by atoms with E-state index in [0.717, 1.165) is 5.69 Å². The van der Waals surface area contributed by atoms with E-state index < -0.39 is 5.91 Å². The number of hydrogen-bond donors (Lipinski definition) is 3. The highest BCUT2D eigenvalue weighted by atomic mass is 16.3. The Bertz CT molecular complexity index is 639. The zero-order valence-electron chi connectivity index (χ0n) is 11.4. The maximum absolute atomic E-state index is 12.1. The Morgan fingerprint density at radius 2 is 1.90 bits per heavy atom. The summed E-state index contributed by atoms with van der Waals surface area (Å²) < 4.78 is 0. The SMILES string of the molecule is CN(C)c1cccc(NC(=O)c2cccc(N)c2O)c1. The number of aromatic hydroxyl groups is 1. The second-order valence-electron chi connectivity index (χ2n) is 4.64. The first-order valence-electron chi connectivity index (χ1n) is 6.15. The fourth-order valence-electron chi connectivity index (χ4n) is 1.80. The largest absolute Gasteiger partial charge is 0.505 e. The molecule has 0 saturated heterocycles. The molecule has 0 fully saturated rings. The molecule has 0 saturated carbocycles. The first-order valence-corrected chi connectivity index (χ1v) is 6.15. The van der Waals surface area contributed by atoms with Gasteiger partial charge in [-0.25, -0.2) is 0 Å². The van der Waals surface area contributed by atoms with E-state index in [-0.39, 0.29) is 17.0 Å². The molecule has 0 atom stereocenters. The molecule has 5 nitrogen and oxygen atoms in total. The van der Waals surface area contributed by atoms with Crippen molar-refractivity contribution in [3.8, 4) is 5.75 Å². The van der Waals surface area contributed by atoms with Crippen LogP contribution in [0.2, 0.25) is 0 Å². The molecule has 4 N–H and O–H groups in total.